The van der Waals surface area contributed by atoms with Crippen molar-refractivity contribution < 1.29 is 4.79 Å². The Hall–Kier alpha value is -0.770. The Kier molecular flexibility index (Phi) is 6.16. The SMILES string of the molecule is NC(=O)NCCNC1CCCCCCC1. The first-order valence-corrected chi connectivity index (χ1v) is 6.06. The highest BCUT2D eigenvalue weighted by Crippen LogP contribution is 2.16. The second-order valence-corrected chi connectivity index (χ2v) is 4.29. The number of carbonyl (C=O) groups excluding carboxylic acids is 1. The highest BCUT2D eigenvalue weighted by molar-refractivity contribution is 5.71. The van der Waals surface area contributed by atoms with E-state index in [1.165, 1.54) is 44.9 Å². The van der Waals surface area contributed by atoms with E-state index >= 15 is 0 Å². The summed E-state index contributed by atoms with van der Waals surface area (Å²) in [4.78, 5) is 10.4. The fourth-order valence-electron chi connectivity index (χ4n) is 2.12. The molecule has 4 nitrogen and oxygen atoms in total. The maximum Gasteiger partial charge on any atom is 0.312 e. The van der Waals surface area contributed by atoms with Gasteiger partial charge in [-0.2, -0.15) is 0 Å². The van der Waals surface area contributed by atoms with Gasteiger partial charge in [0.1, 0.15) is 0 Å². The fourth-order valence-corrected chi connectivity index (χ4v) is 2.12. The maximum atomic E-state index is 10.4. The van der Waals surface area contributed by atoms with E-state index in [2.05, 4.69) is 10.6 Å². The molecule has 1 saturated carbocycles. The Morgan fingerprint density at radius 2 is 1.67 bits per heavy atom. The molecule has 0 atom stereocenters. The molecule has 2 amide bonds. The number of hydrogen-bond donors (Lipinski definition) is 3. The summed E-state index contributed by atoms with van der Waals surface area (Å²) in [6.45, 7) is 1.46. The minimum absolute atomic E-state index is 0.436. The molecule has 1 aliphatic rings. The van der Waals surface area contributed by atoms with Crippen LogP contribution in [-0.4, -0.2) is 25.2 Å². The molecule has 88 valence electrons. The minimum atomic E-state index is -0.436. The van der Waals surface area contributed by atoms with Gasteiger partial charge in [-0.25, -0.2) is 4.79 Å². The highest BCUT2D eigenvalue weighted by Gasteiger charge is 2.09. The Morgan fingerprint density at radius 3 is 2.27 bits per heavy atom. The molecule has 0 saturated heterocycles. The van der Waals surface area contributed by atoms with Gasteiger partial charge in [-0.05, 0) is 12.8 Å². The van der Waals surface area contributed by atoms with Gasteiger partial charge >= 0.3 is 6.03 Å². The van der Waals surface area contributed by atoms with Crippen LogP contribution in [0.5, 0.6) is 0 Å². The van der Waals surface area contributed by atoms with E-state index in [0.717, 1.165) is 6.54 Å². The maximum absolute atomic E-state index is 10.4. The van der Waals surface area contributed by atoms with Gasteiger partial charge < -0.3 is 16.4 Å². The average molecular weight is 213 g/mol. The average Bonchev–Trinajstić information content (AvgIpc) is 2.14. The van der Waals surface area contributed by atoms with Crippen molar-refractivity contribution in [2.45, 2.75) is 51.0 Å². The van der Waals surface area contributed by atoms with Crippen LogP contribution in [0.3, 0.4) is 0 Å². The zero-order valence-corrected chi connectivity index (χ0v) is 9.43. The lowest BCUT2D eigenvalue weighted by atomic mass is 9.97. The summed E-state index contributed by atoms with van der Waals surface area (Å²) < 4.78 is 0. The van der Waals surface area contributed by atoms with E-state index in [9.17, 15) is 4.79 Å². The van der Waals surface area contributed by atoms with Gasteiger partial charge in [0.25, 0.3) is 0 Å². The molecule has 0 bridgehead atoms. The van der Waals surface area contributed by atoms with Crippen molar-refractivity contribution in [3.63, 3.8) is 0 Å². The lowest BCUT2D eigenvalue weighted by Crippen LogP contribution is -2.39. The third-order valence-corrected chi connectivity index (χ3v) is 2.96. The summed E-state index contributed by atoms with van der Waals surface area (Å²) in [5.41, 5.74) is 4.98. The summed E-state index contributed by atoms with van der Waals surface area (Å²) in [7, 11) is 0. The smallest absolute Gasteiger partial charge is 0.312 e. The second-order valence-electron chi connectivity index (χ2n) is 4.29. The van der Waals surface area contributed by atoms with Gasteiger partial charge in [-0.3, -0.25) is 0 Å². The molecule has 0 spiro atoms. The predicted molar refractivity (Wildman–Crippen MR) is 61.7 cm³/mol. The highest BCUT2D eigenvalue weighted by atomic mass is 16.2. The van der Waals surface area contributed by atoms with Crippen LogP contribution in [0.15, 0.2) is 0 Å². The molecular weight excluding hydrogens is 190 g/mol. The van der Waals surface area contributed by atoms with Crippen LogP contribution in [0.1, 0.15) is 44.9 Å². The van der Waals surface area contributed by atoms with Crippen LogP contribution >= 0.6 is 0 Å². The minimum Gasteiger partial charge on any atom is -0.352 e. The molecule has 0 aromatic carbocycles. The van der Waals surface area contributed by atoms with E-state index in [-0.39, 0.29) is 0 Å². The van der Waals surface area contributed by atoms with Crippen molar-refractivity contribution in [3.8, 4) is 0 Å². The third kappa shape index (κ3) is 6.33. The van der Waals surface area contributed by atoms with Gasteiger partial charge in [0.05, 0.1) is 0 Å². The number of nitrogens with one attached hydrogen (secondary N) is 2. The molecule has 0 aliphatic heterocycles. The monoisotopic (exact) mass is 213 g/mol. The number of primary amides is 1. The molecular formula is C11H23N3O. The van der Waals surface area contributed by atoms with Gasteiger partial charge in [0.2, 0.25) is 0 Å². The Labute approximate surface area is 92.0 Å². The van der Waals surface area contributed by atoms with E-state index in [1.54, 1.807) is 0 Å². The summed E-state index contributed by atoms with van der Waals surface area (Å²) >= 11 is 0. The molecule has 1 fully saturated rings. The molecule has 0 heterocycles. The van der Waals surface area contributed by atoms with Gasteiger partial charge in [-0.1, -0.05) is 32.1 Å². The van der Waals surface area contributed by atoms with Crippen molar-refractivity contribution >= 4 is 6.03 Å². The number of hydrogen-bond acceptors (Lipinski definition) is 2. The predicted octanol–water partition coefficient (Wildman–Crippen LogP) is 1.36. The van der Waals surface area contributed by atoms with Crippen molar-refractivity contribution in [2.24, 2.45) is 5.73 Å². The zero-order chi connectivity index (χ0) is 10.9. The lowest BCUT2D eigenvalue weighted by molar-refractivity contribution is 0.248. The quantitative estimate of drug-likeness (QED) is 0.617. The Balaban J connectivity index is 2.04. The summed E-state index contributed by atoms with van der Waals surface area (Å²) in [5.74, 6) is 0. The molecule has 4 N–H and O–H groups in total. The molecule has 0 unspecified atom stereocenters. The molecule has 15 heavy (non-hydrogen) atoms. The van der Waals surface area contributed by atoms with Gasteiger partial charge in [0.15, 0.2) is 0 Å². The largest absolute Gasteiger partial charge is 0.352 e. The number of carbonyl (C=O) groups is 1. The van der Waals surface area contributed by atoms with E-state index in [0.29, 0.717) is 12.6 Å². The first kappa shape index (κ1) is 12.3. The number of nitrogens with two attached hydrogens (primary N) is 1. The molecule has 0 aromatic rings. The zero-order valence-electron chi connectivity index (χ0n) is 9.43. The Bertz CT molecular complexity index is 177. The first-order chi connectivity index (χ1) is 7.29. The first-order valence-electron chi connectivity index (χ1n) is 6.06. The number of rotatable bonds is 4. The topological polar surface area (TPSA) is 67.2 Å². The standard InChI is InChI=1S/C11H23N3O/c12-11(15)14-9-8-13-10-6-4-2-1-3-5-7-10/h10,13H,1-9H2,(H3,12,14,15). The van der Waals surface area contributed by atoms with Crippen molar-refractivity contribution in [1.29, 1.82) is 0 Å². The van der Waals surface area contributed by atoms with Gasteiger partial charge in [0, 0.05) is 19.1 Å². The normalized spacial score (nSPS) is 19.2. The second kappa shape index (κ2) is 7.51. The van der Waals surface area contributed by atoms with Gasteiger partial charge in [-0.15, -0.1) is 0 Å². The number of urea groups is 1. The van der Waals surface area contributed by atoms with Crippen LogP contribution in [0.25, 0.3) is 0 Å². The van der Waals surface area contributed by atoms with Crippen LogP contribution in [0.4, 0.5) is 4.79 Å². The van der Waals surface area contributed by atoms with E-state index in [4.69, 9.17) is 5.73 Å². The third-order valence-electron chi connectivity index (χ3n) is 2.96. The summed E-state index contributed by atoms with van der Waals surface area (Å²) in [6.07, 6.45) is 9.36. The molecule has 1 aliphatic carbocycles. The molecule has 4 heteroatoms. The van der Waals surface area contributed by atoms with Crippen LogP contribution < -0.4 is 16.4 Å². The molecule has 0 radical (unpaired) electrons. The summed E-state index contributed by atoms with van der Waals surface area (Å²) in [6, 6.07) is 0.203. The van der Waals surface area contributed by atoms with E-state index in [1.807, 2.05) is 0 Å². The van der Waals surface area contributed by atoms with Crippen molar-refractivity contribution in [1.82, 2.24) is 10.6 Å². The Morgan fingerprint density at radius 1 is 1.07 bits per heavy atom. The molecule has 1 rings (SSSR count). The summed E-state index contributed by atoms with van der Waals surface area (Å²) in [5, 5.41) is 6.06. The van der Waals surface area contributed by atoms with Crippen molar-refractivity contribution in [3.05, 3.63) is 0 Å². The number of amides is 2. The molecule has 0 aromatic heterocycles. The van der Waals surface area contributed by atoms with Crippen LogP contribution in [0, 0.1) is 0 Å². The lowest BCUT2D eigenvalue weighted by Gasteiger charge is -2.20. The van der Waals surface area contributed by atoms with Crippen LogP contribution in [-0.2, 0) is 0 Å². The van der Waals surface area contributed by atoms with E-state index < -0.39 is 6.03 Å². The fraction of sp³-hybridized carbons (Fsp3) is 0.909. The van der Waals surface area contributed by atoms with Crippen molar-refractivity contribution in [2.75, 3.05) is 13.1 Å². The van der Waals surface area contributed by atoms with Crippen LogP contribution in [0.2, 0.25) is 0 Å².